The number of carbonyl (C=O) groups excluding carboxylic acids is 1. The molecule has 2 aliphatic heterocycles. The van der Waals surface area contributed by atoms with Gasteiger partial charge >= 0.3 is 5.97 Å². The van der Waals surface area contributed by atoms with E-state index in [0.717, 1.165) is 16.8 Å². The van der Waals surface area contributed by atoms with Crippen LogP contribution in [0.1, 0.15) is 39.9 Å². The maximum absolute atomic E-state index is 14.4. The maximum Gasteiger partial charge on any atom is 0.335 e. The highest BCUT2D eigenvalue weighted by Crippen LogP contribution is 2.38. The molecule has 2 aliphatic rings. The summed E-state index contributed by atoms with van der Waals surface area (Å²) in [5, 5.41) is 11.1. The zero-order valence-corrected chi connectivity index (χ0v) is 17.2. The largest absolute Gasteiger partial charge is 0.478 e. The van der Waals surface area contributed by atoms with Gasteiger partial charge in [-0.3, -0.25) is 4.79 Å². The molecule has 4 N–H and O–H groups in total. The number of hydrogen-bond acceptors (Lipinski definition) is 5. The van der Waals surface area contributed by atoms with Crippen LogP contribution in [0.4, 0.5) is 4.39 Å². The highest BCUT2D eigenvalue weighted by atomic mass is 19.1. The lowest BCUT2D eigenvalue weighted by atomic mass is 9.93. The van der Waals surface area contributed by atoms with Gasteiger partial charge in [-0.1, -0.05) is 30.3 Å². The van der Waals surface area contributed by atoms with Crippen LogP contribution in [0.5, 0.6) is 0 Å². The van der Waals surface area contributed by atoms with Crippen molar-refractivity contribution in [3.8, 4) is 0 Å². The predicted octanol–water partition coefficient (Wildman–Crippen LogP) is 2.24. The van der Waals surface area contributed by atoms with E-state index in [4.69, 9.17) is 10.8 Å². The molecule has 0 radical (unpaired) electrons. The summed E-state index contributed by atoms with van der Waals surface area (Å²) >= 11 is 0. The molecule has 0 saturated heterocycles. The van der Waals surface area contributed by atoms with Crippen LogP contribution >= 0.6 is 0 Å². The molecule has 2 aromatic carbocycles. The van der Waals surface area contributed by atoms with E-state index in [-0.39, 0.29) is 24.1 Å². The molecule has 31 heavy (non-hydrogen) atoms. The molecule has 2 unspecified atom stereocenters. The van der Waals surface area contributed by atoms with E-state index in [2.05, 4.69) is 5.43 Å². The Morgan fingerprint density at radius 2 is 1.90 bits per heavy atom. The molecule has 2 atom stereocenters. The Morgan fingerprint density at radius 1 is 1.19 bits per heavy atom. The molecule has 162 valence electrons. The molecule has 0 spiro atoms. The highest BCUT2D eigenvalue weighted by Gasteiger charge is 2.40. The number of aromatic carboxylic acids is 1. The molecular weight excluding hydrogens is 399 g/mol. The topological polar surface area (TPSA) is 98.9 Å². The van der Waals surface area contributed by atoms with Crippen molar-refractivity contribution < 1.29 is 19.1 Å². The van der Waals surface area contributed by atoms with Gasteiger partial charge in [-0.25, -0.2) is 14.2 Å². The average Bonchev–Trinajstić information content (AvgIpc) is 3.29. The Kier molecular flexibility index (Phi) is 5.75. The average molecular weight is 424 g/mol. The van der Waals surface area contributed by atoms with Gasteiger partial charge in [0.2, 0.25) is 5.91 Å². The molecule has 0 aliphatic carbocycles. The fourth-order valence-electron chi connectivity index (χ4n) is 4.46. The highest BCUT2D eigenvalue weighted by molar-refractivity contribution is 5.87. The van der Waals surface area contributed by atoms with E-state index in [1.165, 1.54) is 6.07 Å². The third-order valence-electron chi connectivity index (χ3n) is 5.95. The summed E-state index contributed by atoms with van der Waals surface area (Å²) in [5.74, 6) is -2.14. The van der Waals surface area contributed by atoms with Gasteiger partial charge in [0.1, 0.15) is 5.82 Å². The Morgan fingerprint density at radius 3 is 2.55 bits per heavy atom. The van der Waals surface area contributed by atoms with Crippen LogP contribution in [0.15, 0.2) is 59.8 Å². The van der Waals surface area contributed by atoms with Gasteiger partial charge in [-0.15, -0.1) is 0 Å². The second-order valence-corrected chi connectivity index (χ2v) is 7.90. The first-order valence-corrected chi connectivity index (χ1v) is 10.2. The number of halogens is 1. The summed E-state index contributed by atoms with van der Waals surface area (Å²) in [5.41, 5.74) is 12.6. The Bertz CT molecular complexity index is 1040. The van der Waals surface area contributed by atoms with E-state index in [1.54, 1.807) is 47.4 Å². The monoisotopic (exact) mass is 424 g/mol. The van der Waals surface area contributed by atoms with Crippen molar-refractivity contribution in [1.29, 1.82) is 0 Å². The van der Waals surface area contributed by atoms with Crippen molar-refractivity contribution >= 4 is 11.9 Å². The van der Waals surface area contributed by atoms with Crippen LogP contribution in [-0.4, -0.2) is 53.6 Å². The smallest absolute Gasteiger partial charge is 0.335 e. The SMILES string of the molecule is CN1NC2=C(CN(C(=O)C(CCN)c3ccccc3F)C2)C1c1ccc(C(=O)O)cc1. The van der Waals surface area contributed by atoms with Gasteiger partial charge < -0.3 is 21.2 Å². The van der Waals surface area contributed by atoms with E-state index in [1.807, 2.05) is 12.1 Å². The van der Waals surface area contributed by atoms with E-state index < -0.39 is 17.7 Å². The number of carboxylic acids is 1. The summed E-state index contributed by atoms with van der Waals surface area (Å²) in [7, 11) is 1.91. The molecule has 8 heteroatoms. The number of nitrogens with two attached hydrogens (primary N) is 1. The zero-order chi connectivity index (χ0) is 22.1. The first-order valence-electron chi connectivity index (χ1n) is 10.2. The van der Waals surface area contributed by atoms with Gasteiger partial charge in [0.15, 0.2) is 0 Å². The molecule has 2 aromatic rings. The molecule has 4 rings (SSSR count). The van der Waals surface area contributed by atoms with Crippen LogP contribution in [0.2, 0.25) is 0 Å². The second-order valence-electron chi connectivity index (χ2n) is 7.90. The molecular formula is C23H25FN4O3. The number of amides is 1. The van der Waals surface area contributed by atoms with Crippen molar-refractivity contribution in [2.24, 2.45) is 5.73 Å². The van der Waals surface area contributed by atoms with E-state index in [9.17, 15) is 14.0 Å². The lowest BCUT2D eigenvalue weighted by Gasteiger charge is -2.29. The van der Waals surface area contributed by atoms with Crippen molar-refractivity contribution in [1.82, 2.24) is 15.3 Å². The Hall–Kier alpha value is -3.23. The van der Waals surface area contributed by atoms with E-state index >= 15 is 0 Å². The normalized spacial score (nSPS) is 19.3. The van der Waals surface area contributed by atoms with Crippen molar-refractivity contribution in [2.75, 3.05) is 26.7 Å². The molecule has 0 bridgehead atoms. The van der Waals surface area contributed by atoms with Crippen LogP contribution < -0.4 is 11.2 Å². The standard InChI is InChI=1S/C23H25FN4O3/c1-27-21(14-6-8-15(9-7-14)23(30)31)18-12-28(13-20(18)26-27)22(29)17(10-11-25)16-4-2-3-5-19(16)24/h2-9,17,21,26H,10-13,25H2,1H3,(H,30,31). The maximum atomic E-state index is 14.4. The van der Waals surface area contributed by atoms with Crippen molar-refractivity contribution in [2.45, 2.75) is 18.4 Å². The summed E-state index contributed by atoms with van der Waals surface area (Å²) in [6, 6.07) is 13.0. The van der Waals surface area contributed by atoms with Crippen LogP contribution in [0.3, 0.4) is 0 Å². The minimum absolute atomic E-state index is 0.114. The zero-order valence-electron chi connectivity index (χ0n) is 17.2. The van der Waals surface area contributed by atoms with Gasteiger partial charge in [0, 0.05) is 24.9 Å². The Balaban J connectivity index is 1.55. The molecule has 2 heterocycles. The van der Waals surface area contributed by atoms with Crippen LogP contribution in [-0.2, 0) is 4.79 Å². The predicted molar refractivity (Wildman–Crippen MR) is 113 cm³/mol. The summed E-state index contributed by atoms with van der Waals surface area (Å²) in [4.78, 5) is 26.2. The third-order valence-corrected chi connectivity index (χ3v) is 5.95. The fourth-order valence-corrected chi connectivity index (χ4v) is 4.46. The van der Waals surface area contributed by atoms with Gasteiger partial charge in [-0.2, -0.15) is 0 Å². The summed E-state index contributed by atoms with van der Waals surface area (Å²) in [6.07, 6.45) is 0.369. The van der Waals surface area contributed by atoms with Gasteiger partial charge in [0.05, 0.1) is 24.1 Å². The van der Waals surface area contributed by atoms with Crippen molar-refractivity contribution in [3.05, 3.63) is 82.3 Å². The molecule has 0 fully saturated rings. The lowest BCUT2D eigenvalue weighted by Crippen LogP contribution is -2.40. The fraction of sp³-hybridized carbons (Fsp3) is 0.304. The number of carboxylic acid groups (broad SMARTS) is 1. The summed E-state index contributed by atoms with van der Waals surface area (Å²) < 4.78 is 14.4. The quantitative estimate of drug-likeness (QED) is 0.658. The lowest BCUT2D eigenvalue weighted by molar-refractivity contribution is -0.132. The number of hydrogen-bond donors (Lipinski definition) is 3. The molecule has 1 amide bonds. The minimum Gasteiger partial charge on any atom is -0.478 e. The number of rotatable bonds is 6. The Labute approximate surface area is 179 Å². The van der Waals surface area contributed by atoms with Crippen molar-refractivity contribution in [3.63, 3.8) is 0 Å². The first kappa shape index (κ1) is 21.0. The second kappa shape index (κ2) is 8.49. The number of nitrogens with one attached hydrogen (secondary N) is 1. The van der Waals surface area contributed by atoms with E-state index in [0.29, 0.717) is 25.1 Å². The van der Waals surface area contributed by atoms with Crippen LogP contribution in [0, 0.1) is 5.82 Å². The molecule has 0 saturated carbocycles. The third kappa shape index (κ3) is 3.92. The summed E-state index contributed by atoms with van der Waals surface area (Å²) in [6.45, 7) is 1.12. The number of likely N-dealkylation sites (N-methyl/N-ethyl adjacent to an activating group) is 1. The number of carbonyl (C=O) groups is 2. The molecule has 0 aromatic heterocycles. The van der Waals surface area contributed by atoms with Gasteiger partial charge in [0.25, 0.3) is 0 Å². The van der Waals surface area contributed by atoms with Crippen LogP contribution in [0.25, 0.3) is 0 Å². The number of nitrogens with zero attached hydrogens (tertiary/aromatic N) is 2. The van der Waals surface area contributed by atoms with Gasteiger partial charge in [-0.05, 0) is 42.3 Å². The number of hydrazine groups is 1. The number of benzene rings is 2. The first-order chi connectivity index (χ1) is 14.9. The minimum atomic E-state index is -0.971. The molecule has 7 nitrogen and oxygen atoms in total.